The monoisotopic (exact) mass is 778 g/mol. The second-order valence-electron chi connectivity index (χ2n) is 12.7. The number of fused-ring (bicyclic) bond motifs is 1. The standard InChI is InChI=1S/C34H42N4O11S3/c1-17-18(2)29-21(10-11-34(3,49-29)16-48-20-6-4-19(5-7-20)12-25-31(44)38-33(47)52-25)22(28(17)42)14-50-51-15-24(30(43)36-13-27(40)41)37-26(39)9-8-23(35)32(45)46/h4-7,23-25,42H,8-16,35H2,1-3H3,(H,36,43)(H,37,39)(H,40,41)(H,45,46)(H,38,44,47)/t23-,24-,25?,34?/m0/s1. The number of hydrogen-bond donors (Lipinski definition) is 7. The molecule has 1 fully saturated rings. The molecule has 0 aromatic heterocycles. The van der Waals surface area contributed by atoms with E-state index in [4.69, 9.17) is 25.4 Å². The molecule has 2 aromatic carbocycles. The van der Waals surface area contributed by atoms with Crippen LogP contribution in [0.3, 0.4) is 0 Å². The van der Waals surface area contributed by atoms with Crippen LogP contribution in [0.15, 0.2) is 24.3 Å². The van der Waals surface area contributed by atoms with Crippen molar-refractivity contribution in [3.05, 3.63) is 52.1 Å². The number of hydrogen-bond acceptors (Lipinski definition) is 13. The quantitative estimate of drug-likeness (QED) is 0.0850. The van der Waals surface area contributed by atoms with Gasteiger partial charge in [-0.1, -0.05) is 45.5 Å². The van der Waals surface area contributed by atoms with Crippen LogP contribution >= 0.6 is 33.3 Å². The minimum absolute atomic E-state index is 0.0576. The topological polar surface area (TPSA) is 244 Å². The van der Waals surface area contributed by atoms with E-state index in [2.05, 4.69) is 16.0 Å². The maximum Gasteiger partial charge on any atom is 0.322 e. The number of imide groups is 1. The summed E-state index contributed by atoms with van der Waals surface area (Å²) < 4.78 is 12.7. The Labute approximate surface area is 312 Å². The lowest BCUT2D eigenvalue weighted by Gasteiger charge is -2.38. The summed E-state index contributed by atoms with van der Waals surface area (Å²) in [6.07, 6.45) is 1.23. The molecule has 15 nitrogen and oxygen atoms in total. The highest BCUT2D eigenvalue weighted by Gasteiger charge is 2.36. The van der Waals surface area contributed by atoms with Crippen LogP contribution in [-0.4, -0.2) is 92.1 Å². The van der Waals surface area contributed by atoms with Crippen molar-refractivity contribution in [2.45, 2.75) is 81.6 Å². The first-order chi connectivity index (χ1) is 24.6. The maximum atomic E-state index is 12.7. The summed E-state index contributed by atoms with van der Waals surface area (Å²) in [7, 11) is 2.58. The van der Waals surface area contributed by atoms with E-state index >= 15 is 0 Å². The van der Waals surface area contributed by atoms with E-state index in [1.165, 1.54) is 21.6 Å². The van der Waals surface area contributed by atoms with Crippen molar-refractivity contribution >= 4 is 68.2 Å². The minimum atomic E-state index is -1.26. The van der Waals surface area contributed by atoms with Crippen molar-refractivity contribution in [3.8, 4) is 17.2 Å². The molecule has 282 valence electrons. The van der Waals surface area contributed by atoms with Crippen LogP contribution in [0.5, 0.6) is 17.2 Å². The number of phenols is 1. The molecule has 4 atom stereocenters. The van der Waals surface area contributed by atoms with E-state index in [0.717, 1.165) is 28.5 Å². The van der Waals surface area contributed by atoms with Crippen LogP contribution in [0, 0.1) is 13.8 Å². The Hall–Kier alpha value is -4.13. The molecule has 4 amide bonds. The predicted molar refractivity (Wildman–Crippen MR) is 197 cm³/mol. The van der Waals surface area contributed by atoms with E-state index in [1.54, 1.807) is 6.92 Å². The fourth-order valence-electron chi connectivity index (χ4n) is 5.49. The number of nitrogens with one attached hydrogen (secondary N) is 3. The maximum absolute atomic E-state index is 12.7. The summed E-state index contributed by atoms with van der Waals surface area (Å²) in [5.74, 6) is -2.28. The van der Waals surface area contributed by atoms with Gasteiger partial charge in [-0.3, -0.25) is 34.1 Å². The molecule has 0 spiro atoms. The lowest BCUT2D eigenvalue weighted by atomic mass is 9.87. The first-order valence-corrected chi connectivity index (χ1v) is 19.7. The molecule has 2 unspecified atom stereocenters. The number of amides is 4. The Balaban J connectivity index is 1.36. The molecule has 2 aliphatic rings. The number of ether oxygens (including phenoxy) is 2. The summed E-state index contributed by atoms with van der Waals surface area (Å²) in [6.45, 7) is 5.25. The smallest absolute Gasteiger partial charge is 0.322 e. The van der Waals surface area contributed by atoms with Crippen molar-refractivity contribution in [2.75, 3.05) is 18.9 Å². The summed E-state index contributed by atoms with van der Waals surface area (Å²) >= 11 is 0.986. The Bertz CT molecular complexity index is 1710. The lowest BCUT2D eigenvalue weighted by molar-refractivity contribution is -0.139. The van der Waals surface area contributed by atoms with Gasteiger partial charge in [-0.2, -0.15) is 0 Å². The van der Waals surface area contributed by atoms with Crippen molar-refractivity contribution < 1.29 is 53.6 Å². The molecule has 2 heterocycles. The fourth-order valence-corrected chi connectivity index (χ4v) is 8.63. The summed E-state index contributed by atoms with van der Waals surface area (Å²) in [5, 5.41) is 35.4. The van der Waals surface area contributed by atoms with E-state index < -0.39 is 53.2 Å². The number of aliphatic carboxylic acids is 2. The van der Waals surface area contributed by atoms with Crippen LogP contribution in [0.25, 0.3) is 0 Å². The number of benzene rings is 2. The van der Waals surface area contributed by atoms with E-state index in [-0.39, 0.29) is 42.1 Å². The number of phenolic OH excluding ortho intramolecular Hbond substituents is 1. The molecule has 4 rings (SSSR count). The third-order valence-corrected chi connectivity index (χ3v) is 12.0. The molecule has 2 aliphatic heterocycles. The molecule has 52 heavy (non-hydrogen) atoms. The highest BCUT2D eigenvalue weighted by Crippen LogP contribution is 2.46. The number of rotatable bonds is 18. The van der Waals surface area contributed by atoms with Gasteiger partial charge in [0.25, 0.3) is 5.24 Å². The average Bonchev–Trinajstić information content (AvgIpc) is 3.42. The van der Waals surface area contributed by atoms with Gasteiger partial charge in [-0.25, -0.2) is 0 Å². The Morgan fingerprint density at radius 2 is 1.85 bits per heavy atom. The molecule has 1 saturated heterocycles. The lowest BCUT2D eigenvalue weighted by Crippen LogP contribution is -2.49. The molecule has 0 radical (unpaired) electrons. The molecule has 0 aliphatic carbocycles. The SMILES string of the molecule is Cc1c(C)c2c(c(CSSC[C@H](NC(=O)CC[C@H](N)C(=O)O)C(=O)NCC(=O)O)c1O)CCC(C)(COc1ccc(CC3SC(=O)NC3=O)cc1)O2. The number of carbonyl (C=O) groups excluding carboxylic acids is 4. The van der Waals surface area contributed by atoms with E-state index in [9.17, 15) is 33.9 Å². The van der Waals surface area contributed by atoms with Gasteiger partial charge in [0, 0.05) is 29.1 Å². The van der Waals surface area contributed by atoms with Crippen molar-refractivity contribution in [2.24, 2.45) is 5.73 Å². The van der Waals surface area contributed by atoms with Crippen LogP contribution in [0.1, 0.15) is 54.0 Å². The van der Waals surface area contributed by atoms with Crippen molar-refractivity contribution in [1.82, 2.24) is 16.0 Å². The number of nitrogens with two attached hydrogens (primary N) is 1. The third-order valence-electron chi connectivity index (χ3n) is 8.68. The zero-order chi connectivity index (χ0) is 38.2. The van der Waals surface area contributed by atoms with Crippen LogP contribution < -0.4 is 31.2 Å². The van der Waals surface area contributed by atoms with Gasteiger partial charge < -0.3 is 41.2 Å². The predicted octanol–water partition coefficient (Wildman–Crippen LogP) is 2.82. The van der Waals surface area contributed by atoms with Crippen LogP contribution in [0.4, 0.5) is 4.79 Å². The second kappa shape index (κ2) is 18.1. The number of carbonyl (C=O) groups is 6. The summed E-state index contributed by atoms with van der Waals surface area (Å²) in [4.78, 5) is 70.5. The van der Waals surface area contributed by atoms with Gasteiger partial charge in [-0.05, 0) is 75.3 Å². The molecule has 0 bridgehead atoms. The van der Waals surface area contributed by atoms with E-state index in [1.807, 2.05) is 38.1 Å². The second-order valence-corrected chi connectivity index (χ2v) is 16.4. The van der Waals surface area contributed by atoms with Crippen LogP contribution in [-0.2, 0) is 42.6 Å². The zero-order valence-corrected chi connectivity index (χ0v) is 31.3. The fraction of sp³-hybridized carbons (Fsp3) is 0.471. The molecule has 18 heteroatoms. The first-order valence-electron chi connectivity index (χ1n) is 16.3. The molecule has 2 aromatic rings. The van der Waals surface area contributed by atoms with Crippen molar-refractivity contribution in [3.63, 3.8) is 0 Å². The van der Waals surface area contributed by atoms with Gasteiger partial charge in [-0.15, -0.1) is 0 Å². The van der Waals surface area contributed by atoms with Gasteiger partial charge in [0.05, 0.1) is 5.25 Å². The van der Waals surface area contributed by atoms with Crippen LogP contribution in [0.2, 0.25) is 0 Å². The summed E-state index contributed by atoms with van der Waals surface area (Å²) in [5.41, 5.74) is 8.70. The van der Waals surface area contributed by atoms with Crippen molar-refractivity contribution in [1.29, 1.82) is 0 Å². The third kappa shape index (κ3) is 10.9. The Kier molecular flexibility index (Phi) is 14.1. The Morgan fingerprint density at radius 1 is 1.13 bits per heavy atom. The molecular weight excluding hydrogens is 737 g/mol. The van der Waals surface area contributed by atoms with Gasteiger partial charge in [0.15, 0.2) is 0 Å². The van der Waals surface area contributed by atoms with Gasteiger partial charge in [0.2, 0.25) is 17.7 Å². The average molecular weight is 779 g/mol. The molecule has 8 N–H and O–H groups in total. The Morgan fingerprint density at radius 3 is 2.48 bits per heavy atom. The number of aromatic hydroxyl groups is 1. The highest BCUT2D eigenvalue weighted by molar-refractivity contribution is 8.76. The van der Waals surface area contributed by atoms with E-state index in [0.29, 0.717) is 47.6 Å². The molecular formula is C34H42N4O11S3. The normalized spacial score (nSPS) is 19.1. The highest BCUT2D eigenvalue weighted by atomic mass is 33.1. The number of thioether (sulfide) groups is 1. The van der Waals surface area contributed by atoms with Gasteiger partial charge in [0.1, 0.15) is 48.1 Å². The molecule has 0 saturated carbocycles. The first kappa shape index (κ1) is 40.6. The number of carboxylic acid groups (broad SMARTS) is 2. The minimum Gasteiger partial charge on any atom is -0.507 e. The zero-order valence-electron chi connectivity index (χ0n) is 28.8. The largest absolute Gasteiger partial charge is 0.507 e. The van der Waals surface area contributed by atoms with Gasteiger partial charge >= 0.3 is 11.9 Å². The summed E-state index contributed by atoms with van der Waals surface area (Å²) in [6, 6.07) is 5.01. The number of carboxylic acids is 2.